The van der Waals surface area contributed by atoms with Gasteiger partial charge in [-0.05, 0) is 41.8 Å². The van der Waals surface area contributed by atoms with E-state index in [0.29, 0.717) is 53.1 Å². The van der Waals surface area contributed by atoms with E-state index in [0.717, 1.165) is 16.8 Å². The average molecular weight is 447 g/mol. The fourth-order valence-corrected chi connectivity index (χ4v) is 3.98. The second-order valence-electron chi connectivity index (χ2n) is 7.16. The topological polar surface area (TPSA) is 98.1 Å². The number of nitrogens with one attached hydrogen (secondary N) is 1. The fourth-order valence-electron chi connectivity index (χ4n) is 3.49. The Morgan fingerprint density at radius 3 is 2.83 bits per heavy atom. The number of urea groups is 1. The quantitative estimate of drug-likeness (QED) is 0.671. The summed E-state index contributed by atoms with van der Waals surface area (Å²) in [4.78, 5) is 23.1. The van der Waals surface area contributed by atoms with Gasteiger partial charge in [-0.25, -0.2) is 9.79 Å². The molecule has 1 aromatic carbocycles. The number of benzene rings is 1. The first kappa shape index (κ1) is 20.8. The Morgan fingerprint density at radius 2 is 2.13 bits per heavy atom. The number of rotatable bonds is 3. The number of aliphatic imine (C=N–C) groups is 1. The molecule has 2 aliphatic rings. The summed E-state index contributed by atoms with van der Waals surface area (Å²) in [6.45, 7) is 0.544. The van der Waals surface area contributed by atoms with Gasteiger partial charge in [0, 0.05) is 36.3 Å². The van der Waals surface area contributed by atoms with Gasteiger partial charge in [0.15, 0.2) is 0 Å². The third-order valence-corrected chi connectivity index (χ3v) is 5.65. The molecule has 0 saturated carbocycles. The van der Waals surface area contributed by atoms with Gasteiger partial charge in [0.25, 0.3) is 0 Å². The number of fused-ring (bicyclic) bond motifs is 1. The number of amides is 2. The highest BCUT2D eigenvalue weighted by Crippen LogP contribution is 2.30. The van der Waals surface area contributed by atoms with Crippen molar-refractivity contribution in [1.29, 1.82) is 0 Å². The van der Waals surface area contributed by atoms with Gasteiger partial charge in [-0.3, -0.25) is 10.3 Å². The normalized spacial score (nSPS) is 16.6. The molecule has 0 fully saturated rings. The van der Waals surface area contributed by atoms with Gasteiger partial charge >= 0.3 is 6.03 Å². The van der Waals surface area contributed by atoms with E-state index in [1.807, 2.05) is 18.2 Å². The number of amidine groups is 1. The van der Waals surface area contributed by atoms with E-state index >= 15 is 0 Å². The molecule has 0 unspecified atom stereocenters. The Kier molecular flexibility index (Phi) is 6.06. The smallest absolute Gasteiger partial charge is 0.323 e. The molecule has 7 nitrogen and oxygen atoms in total. The van der Waals surface area contributed by atoms with Gasteiger partial charge in [-0.2, -0.15) is 0 Å². The number of pyridine rings is 1. The minimum atomic E-state index is -1.01. The molecule has 0 saturated heterocycles. The van der Waals surface area contributed by atoms with Crippen molar-refractivity contribution in [2.24, 2.45) is 4.99 Å². The van der Waals surface area contributed by atoms with E-state index in [2.05, 4.69) is 15.3 Å². The van der Waals surface area contributed by atoms with Gasteiger partial charge in [0.05, 0.1) is 23.0 Å². The van der Waals surface area contributed by atoms with E-state index in [-0.39, 0.29) is 6.03 Å². The first-order chi connectivity index (χ1) is 14.4. The molecule has 4 rings (SSSR count). The number of aliphatic hydroxyl groups is 2. The minimum absolute atomic E-state index is 0.205. The maximum atomic E-state index is 12.6. The van der Waals surface area contributed by atoms with Crippen molar-refractivity contribution in [3.63, 3.8) is 0 Å². The Morgan fingerprint density at radius 1 is 1.30 bits per heavy atom. The first-order valence-corrected chi connectivity index (χ1v) is 10.3. The van der Waals surface area contributed by atoms with Crippen LogP contribution in [0.25, 0.3) is 5.57 Å². The van der Waals surface area contributed by atoms with Gasteiger partial charge in [0.1, 0.15) is 11.9 Å². The Labute approximate surface area is 183 Å². The highest BCUT2D eigenvalue weighted by atomic mass is 35.5. The second-order valence-corrected chi connectivity index (χ2v) is 8.00. The van der Waals surface area contributed by atoms with Crippen molar-refractivity contribution in [3.8, 4) is 0 Å². The number of carbonyl (C=O) groups excluding carboxylic acids is 1. The van der Waals surface area contributed by atoms with E-state index < -0.39 is 12.7 Å². The zero-order valence-electron chi connectivity index (χ0n) is 16.0. The summed E-state index contributed by atoms with van der Waals surface area (Å²) in [5.74, 6) is 0.606. The SMILES string of the molecule is O=C(NC1=Nc2ccc(Cl)cc2C1)N1CC=C(c2ncc([C@H](O)CO)cc2Cl)CC1. The minimum Gasteiger partial charge on any atom is -0.393 e. The van der Waals surface area contributed by atoms with Crippen molar-refractivity contribution in [3.05, 3.63) is 63.4 Å². The fraction of sp³-hybridized carbons (Fsp3) is 0.286. The molecule has 156 valence electrons. The van der Waals surface area contributed by atoms with Crippen LogP contribution in [0.2, 0.25) is 10.0 Å². The number of aromatic nitrogens is 1. The Hall–Kier alpha value is -2.45. The summed E-state index contributed by atoms with van der Waals surface area (Å²) in [5, 5.41) is 22.7. The summed E-state index contributed by atoms with van der Waals surface area (Å²) >= 11 is 12.3. The van der Waals surface area contributed by atoms with Crippen molar-refractivity contribution in [2.75, 3.05) is 19.7 Å². The van der Waals surface area contributed by atoms with Gasteiger partial charge < -0.3 is 15.1 Å². The largest absolute Gasteiger partial charge is 0.393 e. The molecule has 2 aromatic rings. The van der Waals surface area contributed by atoms with Crippen LogP contribution in [-0.2, 0) is 6.42 Å². The standard InChI is InChI=1S/C21H20Cl2N4O3/c22-15-1-2-17-13(7-15)9-19(25-17)26-21(30)27-5-3-12(4-6-27)20-16(23)8-14(10-24-20)18(29)11-28/h1-3,7-8,10,18,28-29H,4-6,9,11H2,(H,25,26,30)/t18-/m1/s1. The predicted octanol–water partition coefficient (Wildman–Crippen LogP) is 3.50. The first-order valence-electron chi connectivity index (χ1n) is 9.50. The number of carbonyl (C=O) groups is 1. The Balaban J connectivity index is 1.39. The molecule has 0 spiro atoms. The molecule has 3 heterocycles. The molecule has 0 radical (unpaired) electrons. The number of aliphatic hydroxyl groups excluding tert-OH is 2. The zero-order valence-corrected chi connectivity index (χ0v) is 17.5. The average Bonchev–Trinajstić information content (AvgIpc) is 3.14. The van der Waals surface area contributed by atoms with Gasteiger partial charge in [-0.1, -0.05) is 29.3 Å². The van der Waals surface area contributed by atoms with Gasteiger partial charge in [0.2, 0.25) is 0 Å². The molecule has 3 N–H and O–H groups in total. The lowest BCUT2D eigenvalue weighted by Crippen LogP contribution is -2.44. The van der Waals surface area contributed by atoms with Crippen LogP contribution in [0.1, 0.15) is 29.3 Å². The number of hydrogen-bond acceptors (Lipinski definition) is 5. The molecule has 2 amide bonds. The molecule has 9 heteroatoms. The summed E-state index contributed by atoms with van der Waals surface area (Å²) in [6, 6.07) is 6.88. The van der Waals surface area contributed by atoms with Gasteiger partial charge in [-0.15, -0.1) is 0 Å². The number of halogens is 2. The van der Waals surface area contributed by atoms with Crippen LogP contribution in [-0.4, -0.2) is 51.7 Å². The van der Waals surface area contributed by atoms with E-state index in [1.165, 1.54) is 6.20 Å². The lowest BCUT2D eigenvalue weighted by atomic mass is 10.0. The highest BCUT2D eigenvalue weighted by molar-refractivity contribution is 6.32. The lowest BCUT2D eigenvalue weighted by molar-refractivity contribution is 0.0953. The molecule has 30 heavy (non-hydrogen) atoms. The van der Waals surface area contributed by atoms with Crippen LogP contribution in [0.5, 0.6) is 0 Å². The molecular formula is C21H20Cl2N4O3. The maximum absolute atomic E-state index is 12.6. The van der Waals surface area contributed by atoms with Crippen LogP contribution in [0, 0.1) is 0 Å². The third-order valence-electron chi connectivity index (χ3n) is 5.13. The van der Waals surface area contributed by atoms with E-state index in [4.69, 9.17) is 28.3 Å². The molecule has 1 atom stereocenters. The number of nitrogens with zero attached hydrogens (tertiary/aromatic N) is 3. The van der Waals surface area contributed by atoms with Crippen LogP contribution in [0.15, 0.2) is 41.5 Å². The maximum Gasteiger partial charge on any atom is 0.323 e. The summed E-state index contributed by atoms with van der Waals surface area (Å²) in [5.41, 5.74) is 3.84. The second kappa shape index (κ2) is 8.73. The molecular weight excluding hydrogens is 427 g/mol. The van der Waals surface area contributed by atoms with E-state index in [1.54, 1.807) is 17.0 Å². The molecule has 2 aliphatic heterocycles. The van der Waals surface area contributed by atoms with Crippen LogP contribution in [0.4, 0.5) is 10.5 Å². The van der Waals surface area contributed by atoms with Crippen molar-refractivity contribution < 1.29 is 15.0 Å². The monoisotopic (exact) mass is 446 g/mol. The zero-order chi connectivity index (χ0) is 21.3. The highest BCUT2D eigenvalue weighted by Gasteiger charge is 2.23. The Bertz CT molecular complexity index is 1050. The molecule has 0 aliphatic carbocycles. The molecule has 1 aromatic heterocycles. The summed E-state index contributed by atoms with van der Waals surface area (Å²) in [6.07, 6.45) is 3.56. The summed E-state index contributed by atoms with van der Waals surface area (Å²) in [7, 11) is 0. The van der Waals surface area contributed by atoms with Crippen LogP contribution < -0.4 is 5.32 Å². The van der Waals surface area contributed by atoms with Crippen molar-refractivity contribution in [1.82, 2.24) is 15.2 Å². The van der Waals surface area contributed by atoms with Crippen molar-refractivity contribution in [2.45, 2.75) is 18.9 Å². The lowest BCUT2D eigenvalue weighted by Gasteiger charge is -2.27. The van der Waals surface area contributed by atoms with Crippen LogP contribution >= 0.6 is 23.2 Å². The summed E-state index contributed by atoms with van der Waals surface area (Å²) < 4.78 is 0. The van der Waals surface area contributed by atoms with Crippen LogP contribution in [0.3, 0.4) is 0 Å². The number of hydrogen-bond donors (Lipinski definition) is 3. The third kappa shape index (κ3) is 4.34. The predicted molar refractivity (Wildman–Crippen MR) is 116 cm³/mol. The van der Waals surface area contributed by atoms with Crippen molar-refractivity contribution >= 4 is 46.3 Å². The van der Waals surface area contributed by atoms with E-state index in [9.17, 15) is 9.90 Å². The molecule has 0 bridgehead atoms.